The van der Waals surface area contributed by atoms with Gasteiger partial charge in [-0.15, -0.1) is 0 Å². The van der Waals surface area contributed by atoms with Crippen molar-refractivity contribution >= 4 is 0 Å². The summed E-state index contributed by atoms with van der Waals surface area (Å²) < 4.78 is 6.07. The predicted molar refractivity (Wildman–Crippen MR) is 91.3 cm³/mol. The van der Waals surface area contributed by atoms with Crippen molar-refractivity contribution in [3.63, 3.8) is 0 Å². The maximum Gasteiger partial charge on any atom is 0.124 e. The first-order valence-electron chi connectivity index (χ1n) is 8.83. The minimum absolute atomic E-state index is 0.101. The Morgan fingerprint density at radius 2 is 2.09 bits per heavy atom. The molecule has 0 aromatic heterocycles. The van der Waals surface area contributed by atoms with E-state index in [9.17, 15) is 0 Å². The lowest BCUT2D eigenvalue weighted by Crippen LogP contribution is -2.46. The number of rotatable bonds is 3. The number of nitrogens with two attached hydrogens (primary N) is 1. The van der Waals surface area contributed by atoms with Crippen LogP contribution in [-0.2, 0) is 0 Å². The molecule has 2 N–H and O–H groups in total. The predicted octanol–water partition coefficient (Wildman–Crippen LogP) is 3.58. The molecule has 3 atom stereocenters. The van der Waals surface area contributed by atoms with Gasteiger partial charge in [-0.25, -0.2) is 0 Å². The summed E-state index contributed by atoms with van der Waals surface area (Å²) in [6, 6.07) is 5.19. The fourth-order valence-electron chi connectivity index (χ4n) is 4.25. The van der Waals surface area contributed by atoms with Gasteiger partial charge < -0.3 is 10.5 Å². The zero-order valence-corrected chi connectivity index (χ0v) is 14.3. The molecule has 1 saturated heterocycles. The molecule has 122 valence electrons. The molecule has 1 fully saturated rings. The molecule has 1 aromatic rings. The Labute approximate surface area is 134 Å². The highest BCUT2D eigenvalue weighted by Gasteiger charge is 2.33. The number of aryl methyl sites for hydroxylation is 2. The minimum atomic E-state index is 0.101. The average molecular weight is 302 g/mol. The van der Waals surface area contributed by atoms with Crippen LogP contribution in [0.4, 0.5) is 0 Å². The van der Waals surface area contributed by atoms with E-state index in [1.165, 1.54) is 48.9 Å². The molecule has 2 aliphatic heterocycles. The van der Waals surface area contributed by atoms with E-state index >= 15 is 0 Å². The fraction of sp³-hybridized carbons (Fsp3) is 0.684. The monoisotopic (exact) mass is 302 g/mol. The van der Waals surface area contributed by atoms with Gasteiger partial charge in [0.2, 0.25) is 0 Å². The number of hydrogen-bond acceptors (Lipinski definition) is 3. The van der Waals surface area contributed by atoms with Crippen molar-refractivity contribution in [3.05, 3.63) is 28.8 Å². The molecule has 0 saturated carbocycles. The van der Waals surface area contributed by atoms with E-state index in [4.69, 9.17) is 10.5 Å². The zero-order chi connectivity index (χ0) is 15.7. The van der Waals surface area contributed by atoms with E-state index < -0.39 is 0 Å². The maximum atomic E-state index is 6.64. The summed E-state index contributed by atoms with van der Waals surface area (Å²) in [6.45, 7) is 9.64. The normalized spacial score (nSPS) is 29.0. The molecule has 3 unspecified atom stereocenters. The number of ether oxygens (including phenoxy) is 1. The summed E-state index contributed by atoms with van der Waals surface area (Å²) in [4.78, 5) is 2.66. The van der Waals surface area contributed by atoms with Crippen LogP contribution < -0.4 is 10.5 Å². The molecule has 0 amide bonds. The van der Waals surface area contributed by atoms with Crippen molar-refractivity contribution in [2.45, 2.75) is 58.5 Å². The van der Waals surface area contributed by atoms with Crippen LogP contribution in [0.15, 0.2) is 12.1 Å². The summed E-state index contributed by atoms with van der Waals surface area (Å²) >= 11 is 0. The van der Waals surface area contributed by atoms with Crippen LogP contribution >= 0.6 is 0 Å². The van der Waals surface area contributed by atoms with Gasteiger partial charge in [-0.2, -0.15) is 0 Å². The number of piperidine rings is 1. The Balaban J connectivity index is 1.76. The first-order chi connectivity index (χ1) is 10.6. The molecule has 0 spiro atoms. The number of fused-ring (bicyclic) bond motifs is 1. The second kappa shape index (κ2) is 6.59. The molecule has 22 heavy (non-hydrogen) atoms. The Morgan fingerprint density at radius 3 is 2.86 bits per heavy atom. The quantitative estimate of drug-likeness (QED) is 0.927. The number of hydrogen-bond donors (Lipinski definition) is 1. The molecule has 2 heterocycles. The van der Waals surface area contributed by atoms with Crippen LogP contribution in [0.25, 0.3) is 0 Å². The lowest BCUT2D eigenvalue weighted by molar-refractivity contribution is 0.0849. The molecule has 0 bridgehead atoms. The third-order valence-corrected chi connectivity index (χ3v) is 5.48. The van der Waals surface area contributed by atoms with Gasteiger partial charge in [-0.1, -0.05) is 19.4 Å². The van der Waals surface area contributed by atoms with Crippen LogP contribution in [0.5, 0.6) is 5.75 Å². The molecule has 3 heteroatoms. The highest BCUT2D eigenvalue weighted by molar-refractivity contribution is 5.46. The maximum absolute atomic E-state index is 6.64. The van der Waals surface area contributed by atoms with Crippen molar-refractivity contribution in [1.82, 2.24) is 4.90 Å². The van der Waals surface area contributed by atoms with Gasteiger partial charge in [0, 0.05) is 30.1 Å². The standard InChI is InChI=1S/C19H30N2O/c1-4-16-7-5-6-8-21(16)11-15-12-22-17-10-13(2)9-14(3)18(17)19(15)20/h9-10,15-16,19H,4-8,11-12,20H2,1-3H3. The van der Waals surface area contributed by atoms with Crippen LogP contribution in [0.1, 0.15) is 55.3 Å². The van der Waals surface area contributed by atoms with Crippen molar-refractivity contribution in [2.75, 3.05) is 19.7 Å². The van der Waals surface area contributed by atoms with E-state index in [0.29, 0.717) is 5.92 Å². The van der Waals surface area contributed by atoms with E-state index in [0.717, 1.165) is 24.9 Å². The van der Waals surface area contributed by atoms with Crippen LogP contribution in [0, 0.1) is 19.8 Å². The Bertz CT molecular complexity index is 528. The minimum Gasteiger partial charge on any atom is -0.493 e. The van der Waals surface area contributed by atoms with Crippen LogP contribution in [0.2, 0.25) is 0 Å². The van der Waals surface area contributed by atoms with Crippen LogP contribution in [0.3, 0.4) is 0 Å². The lowest BCUT2D eigenvalue weighted by Gasteiger charge is -2.40. The van der Waals surface area contributed by atoms with Crippen molar-refractivity contribution < 1.29 is 4.74 Å². The smallest absolute Gasteiger partial charge is 0.124 e. The summed E-state index contributed by atoms with van der Waals surface area (Å²) in [5.41, 5.74) is 10.4. The number of benzene rings is 1. The van der Waals surface area contributed by atoms with E-state index in [-0.39, 0.29) is 6.04 Å². The van der Waals surface area contributed by atoms with Gasteiger partial charge >= 0.3 is 0 Å². The molecule has 2 aliphatic rings. The third-order valence-electron chi connectivity index (χ3n) is 5.48. The number of likely N-dealkylation sites (tertiary alicyclic amines) is 1. The largest absolute Gasteiger partial charge is 0.493 e. The van der Waals surface area contributed by atoms with E-state index in [1.807, 2.05) is 0 Å². The molecule has 0 aliphatic carbocycles. The first-order valence-corrected chi connectivity index (χ1v) is 8.83. The Kier molecular flexibility index (Phi) is 4.74. The molecule has 3 nitrogen and oxygen atoms in total. The second-order valence-electron chi connectivity index (χ2n) is 7.14. The molecule has 1 aromatic carbocycles. The zero-order valence-electron chi connectivity index (χ0n) is 14.3. The van der Waals surface area contributed by atoms with Gasteiger partial charge in [0.15, 0.2) is 0 Å². The topological polar surface area (TPSA) is 38.5 Å². The van der Waals surface area contributed by atoms with E-state index in [2.05, 4.69) is 37.8 Å². The van der Waals surface area contributed by atoms with E-state index in [1.54, 1.807) is 0 Å². The Hall–Kier alpha value is -1.06. The highest BCUT2D eigenvalue weighted by atomic mass is 16.5. The summed E-state index contributed by atoms with van der Waals surface area (Å²) in [5, 5.41) is 0. The van der Waals surface area contributed by atoms with Crippen molar-refractivity contribution in [2.24, 2.45) is 11.7 Å². The SMILES string of the molecule is CCC1CCCCN1CC1COc2cc(C)cc(C)c2C1N. The lowest BCUT2D eigenvalue weighted by atomic mass is 9.86. The summed E-state index contributed by atoms with van der Waals surface area (Å²) in [7, 11) is 0. The van der Waals surface area contributed by atoms with Gasteiger partial charge in [-0.05, 0) is 56.8 Å². The van der Waals surface area contributed by atoms with Crippen molar-refractivity contribution in [3.8, 4) is 5.75 Å². The summed E-state index contributed by atoms with van der Waals surface area (Å²) in [5.74, 6) is 1.41. The first kappa shape index (κ1) is 15.8. The molecule has 3 rings (SSSR count). The van der Waals surface area contributed by atoms with Crippen molar-refractivity contribution in [1.29, 1.82) is 0 Å². The van der Waals surface area contributed by atoms with Gasteiger partial charge in [-0.3, -0.25) is 4.90 Å². The molecular formula is C19H30N2O. The highest BCUT2D eigenvalue weighted by Crippen LogP contribution is 2.38. The molecule has 0 radical (unpaired) electrons. The summed E-state index contributed by atoms with van der Waals surface area (Å²) in [6.07, 6.45) is 5.29. The third kappa shape index (κ3) is 3.02. The van der Waals surface area contributed by atoms with Crippen LogP contribution in [-0.4, -0.2) is 30.6 Å². The fourth-order valence-corrected chi connectivity index (χ4v) is 4.25. The van der Waals surface area contributed by atoms with Gasteiger partial charge in [0.1, 0.15) is 5.75 Å². The second-order valence-corrected chi connectivity index (χ2v) is 7.14. The average Bonchev–Trinajstić information content (AvgIpc) is 2.50. The Morgan fingerprint density at radius 1 is 1.27 bits per heavy atom. The number of nitrogens with zero attached hydrogens (tertiary/aromatic N) is 1. The van der Waals surface area contributed by atoms with Gasteiger partial charge in [0.05, 0.1) is 6.61 Å². The van der Waals surface area contributed by atoms with Gasteiger partial charge in [0.25, 0.3) is 0 Å². The molecular weight excluding hydrogens is 272 g/mol.